The van der Waals surface area contributed by atoms with Gasteiger partial charge in [-0.3, -0.25) is 4.79 Å². The summed E-state index contributed by atoms with van der Waals surface area (Å²) in [5, 5.41) is 2.79. The molecule has 0 saturated carbocycles. The van der Waals surface area contributed by atoms with Crippen molar-refractivity contribution in [2.75, 3.05) is 32.6 Å². The number of unbranched alkanes of at least 4 members (excludes halogenated alkanes) is 1. The number of carbonyl (C=O) groups excluding carboxylic acids is 1. The van der Waals surface area contributed by atoms with Crippen LogP contribution in [0.1, 0.15) is 31.7 Å². The molecule has 0 fully saturated rings. The minimum atomic E-state index is -0.127. The highest BCUT2D eigenvalue weighted by atomic mass is 16.5. The Balaban J connectivity index is 2.46. The average molecular weight is 306 g/mol. The summed E-state index contributed by atoms with van der Waals surface area (Å²) in [7, 11) is 1.64. The van der Waals surface area contributed by atoms with Gasteiger partial charge in [-0.15, -0.1) is 0 Å². The minimum absolute atomic E-state index is 0.127. The van der Waals surface area contributed by atoms with E-state index in [-0.39, 0.29) is 5.91 Å². The topological polar surface area (TPSA) is 73.6 Å². The zero-order chi connectivity index (χ0) is 16.2. The van der Waals surface area contributed by atoms with Crippen LogP contribution in [0, 0.1) is 0 Å². The van der Waals surface area contributed by atoms with Crippen molar-refractivity contribution in [3.05, 3.63) is 29.8 Å². The number of hydrogen-bond acceptors (Lipinski definition) is 4. The summed E-state index contributed by atoms with van der Waals surface area (Å²) in [6.07, 6.45) is 6.12. The largest absolute Gasteiger partial charge is 0.491 e. The van der Waals surface area contributed by atoms with Crippen molar-refractivity contribution in [2.45, 2.75) is 26.2 Å². The summed E-state index contributed by atoms with van der Waals surface area (Å²) in [5.41, 5.74) is 7.40. The number of anilines is 1. The molecule has 0 unspecified atom stereocenters. The molecular formula is C17H26N2O3. The molecule has 0 spiro atoms. The van der Waals surface area contributed by atoms with E-state index in [1.807, 2.05) is 12.1 Å². The molecule has 0 saturated heterocycles. The number of rotatable bonds is 10. The van der Waals surface area contributed by atoms with Crippen molar-refractivity contribution in [3.63, 3.8) is 0 Å². The third-order valence-corrected chi connectivity index (χ3v) is 3.04. The first-order chi connectivity index (χ1) is 10.7. The SMILES string of the molecule is CCCCOc1ccc(/C=C\C(=O)NCCCOC)cc1N. The molecule has 0 heterocycles. The van der Waals surface area contributed by atoms with Gasteiger partial charge in [0.2, 0.25) is 5.91 Å². The second-order valence-corrected chi connectivity index (χ2v) is 4.97. The van der Waals surface area contributed by atoms with Crippen LogP contribution in [0.15, 0.2) is 24.3 Å². The van der Waals surface area contributed by atoms with Crippen LogP contribution in [-0.2, 0) is 9.53 Å². The van der Waals surface area contributed by atoms with Crippen molar-refractivity contribution in [3.8, 4) is 5.75 Å². The Morgan fingerprint density at radius 3 is 2.82 bits per heavy atom. The number of carbonyl (C=O) groups is 1. The number of nitrogen functional groups attached to an aromatic ring is 1. The second-order valence-electron chi connectivity index (χ2n) is 4.97. The van der Waals surface area contributed by atoms with Gasteiger partial charge < -0.3 is 20.5 Å². The maximum Gasteiger partial charge on any atom is 0.244 e. The van der Waals surface area contributed by atoms with E-state index in [9.17, 15) is 4.79 Å². The normalized spacial score (nSPS) is 10.8. The van der Waals surface area contributed by atoms with Crippen LogP contribution >= 0.6 is 0 Å². The van der Waals surface area contributed by atoms with E-state index < -0.39 is 0 Å². The lowest BCUT2D eigenvalue weighted by Crippen LogP contribution is -2.22. The highest BCUT2D eigenvalue weighted by molar-refractivity contribution is 5.91. The molecule has 0 aliphatic rings. The molecule has 0 aliphatic carbocycles. The van der Waals surface area contributed by atoms with Crippen LogP contribution in [0.3, 0.4) is 0 Å². The third-order valence-electron chi connectivity index (χ3n) is 3.04. The molecule has 22 heavy (non-hydrogen) atoms. The number of hydrogen-bond donors (Lipinski definition) is 2. The van der Waals surface area contributed by atoms with Gasteiger partial charge in [-0.25, -0.2) is 0 Å². The van der Waals surface area contributed by atoms with Crippen LogP contribution in [-0.4, -0.2) is 32.8 Å². The lowest BCUT2D eigenvalue weighted by Gasteiger charge is -2.08. The summed E-state index contributed by atoms with van der Waals surface area (Å²) in [6, 6.07) is 5.52. The third kappa shape index (κ3) is 7.13. The molecular weight excluding hydrogens is 280 g/mol. The van der Waals surface area contributed by atoms with Crippen molar-refractivity contribution in [1.82, 2.24) is 5.32 Å². The summed E-state index contributed by atoms with van der Waals surface area (Å²) < 4.78 is 10.5. The first-order valence-corrected chi connectivity index (χ1v) is 7.64. The van der Waals surface area contributed by atoms with Crippen molar-refractivity contribution < 1.29 is 14.3 Å². The number of nitrogens with one attached hydrogen (secondary N) is 1. The molecule has 0 bridgehead atoms. The van der Waals surface area contributed by atoms with E-state index in [4.69, 9.17) is 15.2 Å². The van der Waals surface area contributed by atoms with Gasteiger partial charge in [-0.1, -0.05) is 19.4 Å². The van der Waals surface area contributed by atoms with E-state index in [1.165, 1.54) is 6.08 Å². The molecule has 1 rings (SSSR count). The lowest BCUT2D eigenvalue weighted by atomic mass is 10.1. The second kappa shape index (κ2) is 10.7. The fourth-order valence-electron chi connectivity index (χ4n) is 1.79. The first kappa shape index (κ1) is 18.0. The summed E-state index contributed by atoms with van der Waals surface area (Å²) in [5.74, 6) is 0.563. The van der Waals surface area contributed by atoms with E-state index in [1.54, 1.807) is 19.3 Å². The molecule has 5 nitrogen and oxygen atoms in total. The fraction of sp³-hybridized carbons (Fsp3) is 0.471. The van der Waals surface area contributed by atoms with Crippen LogP contribution in [0.4, 0.5) is 5.69 Å². The van der Waals surface area contributed by atoms with Gasteiger partial charge in [0.25, 0.3) is 0 Å². The lowest BCUT2D eigenvalue weighted by molar-refractivity contribution is -0.116. The van der Waals surface area contributed by atoms with E-state index >= 15 is 0 Å². The molecule has 1 aromatic rings. The van der Waals surface area contributed by atoms with Crippen molar-refractivity contribution in [1.29, 1.82) is 0 Å². The number of methoxy groups -OCH3 is 1. The van der Waals surface area contributed by atoms with Gasteiger partial charge in [0.05, 0.1) is 12.3 Å². The Morgan fingerprint density at radius 2 is 2.14 bits per heavy atom. The molecule has 5 heteroatoms. The molecule has 0 aliphatic heterocycles. The molecule has 1 aromatic carbocycles. The molecule has 0 atom stereocenters. The van der Waals surface area contributed by atoms with Gasteiger partial charge >= 0.3 is 0 Å². The van der Waals surface area contributed by atoms with E-state index in [0.29, 0.717) is 31.2 Å². The van der Waals surface area contributed by atoms with E-state index in [0.717, 1.165) is 24.8 Å². The Hall–Kier alpha value is -2.01. The molecule has 3 N–H and O–H groups in total. The summed E-state index contributed by atoms with van der Waals surface area (Å²) in [6.45, 7) is 4.02. The number of nitrogens with two attached hydrogens (primary N) is 1. The zero-order valence-electron chi connectivity index (χ0n) is 13.4. The van der Waals surface area contributed by atoms with Gasteiger partial charge in [0.1, 0.15) is 5.75 Å². The number of amides is 1. The Kier molecular flexibility index (Phi) is 8.76. The van der Waals surface area contributed by atoms with Crippen LogP contribution in [0.2, 0.25) is 0 Å². The Bertz CT molecular complexity index is 487. The molecule has 122 valence electrons. The summed E-state index contributed by atoms with van der Waals surface area (Å²) in [4.78, 5) is 11.6. The number of benzene rings is 1. The van der Waals surface area contributed by atoms with Gasteiger partial charge in [0.15, 0.2) is 0 Å². The quantitative estimate of drug-likeness (QED) is 0.396. The van der Waals surface area contributed by atoms with Crippen LogP contribution in [0.25, 0.3) is 6.08 Å². The maximum atomic E-state index is 11.6. The zero-order valence-corrected chi connectivity index (χ0v) is 13.4. The highest BCUT2D eigenvalue weighted by Gasteiger charge is 2.01. The fourth-order valence-corrected chi connectivity index (χ4v) is 1.79. The Morgan fingerprint density at radius 1 is 1.32 bits per heavy atom. The predicted molar refractivity (Wildman–Crippen MR) is 89.8 cm³/mol. The maximum absolute atomic E-state index is 11.6. The first-order valence-electron chi connectivity index (χ1n) is 7.64. The van der Waals surface area contributed by atoms with Gasteiger partial charge in [0, 0.05) is 26.3 Å². The van der Waals surface area contributed by atoms with Gasteiger partial charge in [-0.05, 0) is 36.6 Å². The van der Waals surface area contributed by atoms with Crippen LogP contribution < -0.4 is 15.8 Å². The Labute approximate surface area is 132 Å². The molecule has 0 aromatic heterocycles. The number of ether oxygens (including phenoxy) is 2. The van der Waals surface area contributed by atoms with E-state index in [2.05, 4.69) is 12.2 Å². The summed E-state index contributed by atoms with van der Waals surface area (Å²) >= 11 is 0. The average Bonchev–Trinajstić information content (AvgIpc) is 2.51. The molecule has 0 radical (unpaired) electrons. The monoisotopic (exact) mass is 306 g/mol. The highest BCUT2D eigenvalue weighted by Crippen LogP contribution is 2.23. The van der Waals surface area contributed by atoms with Crippen molar-refractivity contribution >= 4 is 17.7 Å². The standard InChI is InChI=1S/C17H26N2O3/c1-3-4-12-22-16-8-6-14(13-15(16)18)7-9-17(20)19-10-5-11-21-2/h6-9,13H,3-5,10-12,18H2,1-2H3,(H,19,20)/b9-7-. The van der Waals surface area contributed by atoms with Crippen LogP contribution in [0.5, 0.6) is 5.75 Å². The smallest absolute Gasteiger partial charge is 0.244 e. The molecule has 1 amide bonds. The van der Waals surface area contributed by atoms with Gasteiger partial charge in [-0.2, -0.15) is 0 Å². The minimum Gasteiger partial charge on any atom is -0.491 e. The predicted octanol–water partition coefficient (Wildman–Crippen LogP) is 2.61. The van der Waals surface area contributed by atoms with Crippen molar-refractivity contribution in [2.24, 2.45) is 0 Å².